The highest BCUT2D eigenvalue weighted by atomic mass is 79.9. The summed E-state index contributed by atoms with van der Waals surface area (Å²) in [6, 6.07) is 9.89. The van der Waals surface area contributed by atoms with Crippen LogP contribution in [-0.2, 0) is 6.54 Å². The third kappa shape index (κ3) is 2.39. The zero-order valence-corrected chi connectivity index (χ0v) is 9.94. The van der Waals surface area contributed by atoms with Gasteiger partial charge in [0.15, 0.2) is 0 Å². The molecule has 0 atom stereocenters. The van der Waals surface area contributed by atoms with E-state index in [1.165, 1.54) is 5.56 Å². The molecule has 0 saturated carbocycles. The average Bonchev–Trinajstić information content (AvgIpc) is 2.66. The summed E-state index contributed by atoms with van der Waals surface area (Å²) >= 11 is 3.43. The summed E-state index contributed by atoms with van der Waals surface area (Å²) in [6.07, 6.45) is 1.77. The monoisotopic (exact) mass is 266 g/mol. The number of ether oxygens (including phenoxy) is 1. The maximum absolute atomic E-state index is 5.10. The predicted octanol–water partition coefficient (Wildman–Crippen LogP) is 2.70. The highest BCUT2D eigenvalue weighted by Gasteiger charge is 2.00. The van der Waals surface area contributed by atoms with Gasteiger partial charge in [-0.3, -0.25) is 4.68 Å². The minimum Gasteiger partial charge on any atom is -0.497 e. The Morgan fingerprint density at radius 1 is 1.27 bits per heavy atom. The molecule has 1 aromatic carbocycles. The number of methoxy groups -OCH3 is 1. The van der Waals surface area contributed by atoms with Crippen LogP contribution in [0.4, 0.5) is 0 Å². The van der Waals surface area contributed by atoms with Crippen LogP contribution in [0.2, 0.25) is 0 Å². The fourth-order valence-corrected chi connectivity index (χ4v) is 1.67. The van der Waals surface area contributed by atoms with Crippen molar-refractivity contribution in [1.29, 1.82) is 0 Å². The van der Waals surface area contributed by atoms with Crippen LogP contribution in [0.1, 0.15) is 5.56 Å². The molecule has 1 aromatic heterocycles. The summed E-state index contributed by atoms with van der Waals surface area (Å²) in [5.74, 6) is 0.873. The Kier molecular flexibility index (Phi) is 3.06. The van der Waals surface area contributed by atoms with Crippen molar-refractivity contribution in [2.24, 2.45) is 0 Å². The van der Waals surface area contributed by atoms with Gasteiger partial charge in [-0.05, 0) is 39.7 Å². The van der Waals surface area contributed by atoms with Gasteiger partial charge in [-0.15, -0.1) is 0 Å². The molecule has 0 unspecified atom stereocenters. The zero-order valence-electron chi connectivity index (χ0n) is 8.35. The van der Waals surface area contributed by atoms with Gasteiger partial charge in [0.05, 0.1) is 19.9 Å². The van der Waals surface area contributed by atoms with Crippen molar-refractivity contribution in [2.75, 3.05) is 7.11 Å². The highest BCUT2D eigenvalue weighted by Crippen LogP contribution is 2.14. The second-order valence-corrected chi connectivity index (χ2v) is 3.97. The summed E-state index contributed by atoms with van der Waals surface area (Å²) in [5.41, 5.74) is 1.19. The summed E-state index contributed by atoms with van der Waals surface area (Å²) in [4.78, 5) is 0. The molecule has 78 valence electrons. The topological polar surface area (TPSA) is 27.1 Å². The van der Waals surface area contributed by atoms with Crippen molar-refractivity contribution in [1.82, 2.24) is 9.78 Å². The lowest BCUT2D eigenvalue weighted by Gasteiger charge is -2.04. The number of rotatable bonds is 3. The van der Waals surface area contributed by atoms with Gasteiger partial charge in [-0.1, -0.05) is 12.1 Å². The lowest BCUT2D eigenvalue weighted by atomic mass is 10.2. The van der Waals surface area contributed by atoms with Gasteiger partial charge in [-0.2, -0.15) is 5.10 Å². The molecule has 0 bridgehead atoms. The van der Waals surface area contributed by atoms with Gasteiger partial charge < -0.3 is 4.74 Å². The molecule has 0 aliphatic carbocycles. The molecule has 4 heteroatoms. The summed E-state index contributed by atoms with van der Waals surface area (Å²) in [5, 5.41) is 4.19. The Balaban J connectivity index is 2.14. The minimum absolute atomic E-state index is 0.761. The maximum atomic E-state index is 5.10. The molecule has 0 aliphatic rings. The molecular weight excluding hydrogens is 256 g/mol. The van der Waals surface area contributed by atoms with E-state index < -0.39 is 0 Å². The van der Waals surface area contributed by atoms with Gasteiger partial charge in [-0.25, -0.2) is 0 Å². The second kappa shape index (κ2) is 4.49. The molecule has 15 heavy (non-hydrogen) atoms. The third-order valence-electron chi connectivity index (χ3n) is 2.16. The van der Waals surface area contributed by atoms with Crippen LogP contribution in [0.5, 0.6) is 5.75 Å². The SMILES string of the molecule is COc1ccc(Cn2nccc2Br)cc1. The van der Waals surface area contributed by atoms with Crippen LogP contribution < -0.4 is 4.74 Å². The molecule has 0 N–H and O–H groups in total. The van der Waals surface area contributed by atoms with Crippen molar-refractivity contribution in [3.05, 3.63) is 46.7 Å². The van der Waals surface area contributed by atoms with Crippen molar-refractivity contribution in [3.8, 4) is 5.75 Å². The van der Waals surface area contributed by atoms with E-state index in [9.17, 15) is 0 Å². The van der Waals surface area contributed by atoms with Gasteiger partial charge >= 0.3 is 0 Å². The third-order valence-corrected chi connectivity index (χ3v) is 2.83. The molecule has 0 fully saturated rings. The molecule has 0 saturated heterocycles. The van der Waals surface area contributed by atoms with Crippen LogP contribution in [0.15, 0.2) is 41.1 Å². The maximum Gasteiger partial charge on any atom is 0.118 e. The molecule has 0 aliphatic heterocycles. The Hall–Kier alpha value is -1.29. The second-order valence-electron chi connectivity index (χ2n) is 3.16. The van der Waals surface area contributed by atoms with Crippen LogP contribution in [0, 0.1) is 0 Å². The largest absolute Gasteiger partial charge is 0.497 e. The van der Waals surface area contributed by atoms with Crippen LogP contribution >= 0.6 is 15.9 Å². The van der Waals surface area contributed by atoms with Gasteiger partial charge in [0, 0.05) is 0 Å². The first kappa shape index (κ1) is 10.2. The number of hydrogen-bond donors (Lipinski definition) is 0. The van der Waals surface area contributed by atoms with E-state index in [1.54, 1.807) is 13.3 Å². The highest BCUT2D eigenvalue weighted by molar-refractivity contribution is 9.10. The van der Waals surface area contributed by atoms with Gasteiger partial charge in [0.25, 0.3) is 0 Å². The summed E-state index contributed by atoms with van der Waals surface area (Å²) in [7, 11) is 1.67. The van der Waals surface area contributed by atoms with Crippen molar-refractivity contribution >= 4 is 15.9 Å². The lowest BCUT2D eigenvalue weighted by Crippen LogP contribution is -2.01. The van der Waals surface area contributed by atoms with E-state index in [4.69, 9.17) is 4.74 Å². The average molecular weight is 267 g/mol. The molecule has 0 amide bonds. The molecule has 0 spiro atoms. The molecule has 3 nitrogen and oxygen atoms in total. The number of hydrogen-bond acceptors (Lipinski definition) is 2. The molecule has 1 heterocycles. The Morgan fingerprint density at radius 3 is 2.53 bits per heavy atom. The van der Waals surface area contributed by atoms with Crippen molar-refractivity contribution in [2.45, 2.75) is 6.54 Å². The number of nitrogens with zero attached hydrogens (tertiary/aromatic N) is 2. The summed E-state index contributed by atoms with van der Waals surface area (Å²) < 4.78 is 7.97. The number of halogens is 1. The molecule has 2 aromatic rings. The van der Waals surface area contributed by atoms with E-state index in [1.807, 2.05) is 35.0 Å². The van der Waals surface area contributed by atoms with E-state index >= 15 is 0 Å². The van der Waals surface area contributed by atoms with E-state index in [-0.39, 0.29) is 0 Å². The fourth-order valence-electron chi connectivity index (χ4n) is 1.34. The fraction of sp³-hybridized carbons (Fsp3) is 0.182. The normalized spacial score (nSPS) is 10.3. The van der Waals surface area contributed by atoms with E-state index in [0.29, 0.717) is 0 Å². The Labute approximate surface area is 96.8 Å². The van der Waals surface area contributed by atoms with Gasteiger partial charge in [0.1, 0.15) is 10.4 Å². The smallest absolute Gasteiger partial charge is 0.118 e. The molecule has 2 rings (SSSR count). The van der Waals surface area contributed by atoms with Crippen LogP contribution in [0.3, 0.4) is 0 Å². The van der Waals surface area contributed by atoms with Crippen LogP contribution in [0.25, 0.3) is 0 Å². The van der Waals surface area contributed by atoms with Gasteiger partial charge in [0.2, 0.25) is 0 Å². The van der Waals surface area contributed by atoms with E-state index in [0.717, 1.165) is 16.9 Å². The Bertz CT molecular complexity index is 436. The quantitative estimate of drug-likeness (QED) is 0.854. The van der Waals surface area contributed by atoms with E-state index in [2.05, 4.69) is 21.0 Å². The van der Waals surface area contributed by atoms with Crippen molar-refractivity contribution < 1.29 is 4.74 Å². The van der Waals surface area contributed by atoms with Crippen molar-refractivity contribution in [3.63, 3.8) is 0 Å². The molecule has 0 radical (unpaired) electrons. The number of benzene rings is 1. The number of aromatic nitrogens is 2. The first-order valence-corrected chi connectivity index (χ1v) is 5.39. The standard InChI is InChI=1S/C11H11BrN2O/c1-15-10-4-2-9(3-5-10)8-14-11(12)6-7-13-14/h2-7H,8H2,1H3. The first-order chi connectivity index (χ1) is 7.29. The Morgan fingerprint density at radius 2 is 2.00 bits per heavy atom. The van der Waals surface area contributed by atoms with Crippen LogP contribution in [-0.4, -0.2) is 16.9 Å². The summed E-state index contributed by atoms with van der Waals surface area (Å²) in [6.45, 7) is 0.761. The lowest BCUT2D eigenvalue weighted by molar-refractivity contribution is 0.414. The first-order valence-electron chi connectivity index (χ1n) is 4.60. The minimum atomic E-state index is 0.761. The predicted molar refractivity (Wildman–Crippen MR) is 62.0 cm³/mol. The molecular formula is C11H11BrN2O. The zero-order chi connectivity index (χ0) is 10.7.